The molecule has 0 radical (unpaired) electrons. The van der Waals surface area contributed by atoms with Gasteiger partial charge in [-0.2, -0.15) is 0 Å². The highest BCUT2D eigenvalue weighted by Gasteiger charge is 2.29. The van der Waals surface area contributed by atoms with Gasteiger partial charge in [-0.25, -0.2) is 0 Å². The molecule has 6 nitrogen and oxygen atoms in total. The molecule has 4 heterocycles. The van der Waals surface area contributed by atoms with E-state index in [2.05, 4.69) is 106 Å². The van der Waals surface area contributed by atoms with Gasteiger partial charge in [0.05, 0.1) is 11.1 Å². The first-order valence-electron chi connectivity index (χ1n) is 15.4. The van der Waals surface area contributed by atoms with Crippen molar-refractivity contribution in [2.45, 2.75) is 39.8 Å². The number of rotatable bonds is 6. The van der Waals surface area contributed by atoms with Crippen molar-refractivity contribution < 1.29 is 9.59 Å². The van der Waals surface area contributed by atoms with Gasteiger partial charge in [-0.05, 0) is 49.3 Å². The highest BCUT2D eigenvalue weighted by atomic mass is 16.2. The maximum atomic E-state index is 13.3. The lowest BCUT2D eigenvalue weighted by Crippen LogP contribution is -2.20. The molecule has 6 aromatic rings. The average Bonchev–Trinajstić information content (AvgIpc) is 3.79. The molecule has 0 saturated heterocycles. The van der Waals surface area contributed by atoms with Gasteiger partial charge in [-0.3, -0.25) is 9.59 Å². The molecule has 0 spiro atoms. The third-order valence-corrected chi connectivity index (χ3v) is 8.92. The molecule has 0 unspecified atom stereocenters. The molecule has 2 amide bonds. The lowest BCUT2D eigenvalue weighted by molar-refractivity contribution is -0.118. The molecular weight excluding hydrogens is 544 g/mol. The summed E-state index contributed by atoms with van der Waals surface area (Å²) in [5.41, 5.74) is 8.69. The minimum atomic E-state index is -0.268. The standard InChI is InChI=1S/C38H32N4O2/c1-3-17-41-33-11-7-5-9-25(33)27-15-13-23(19-35(27)41)31-21-29(37(43)39-31)30-22-32(40-38(30)44)24-14-16-28-26-10-6-8-12-34(26)42(18-4-2)36(28)20-24/h5-16,19-22H,3-4,17-18H2,1-2H3,(H,39,43)(H,40,44)/b30-29+. The molecular formula is C38H32N4O2. The van der Waals surface area contributed by atoms with E-state index in [1.54, 1.807) is 0 Å². The number of nitrogens with zero attached hydrogens (tertiary/aromatic N) is 2. The van der Waals surface area contributed by atoms with E-state index in [-0.39, 0.29) is 11.8 Å². The van der Waals surface area contributed by atoms with Gasteiger partial charge in [0.25, 0.3) is 11.8 Å². The summed E-state index contributed by atoms with van der Waals surface area (Å²) in [6.07, 6.45) is 5.66. The van der Waals surface area contributed by atoms with Crippen LogP contribution < -0.4 is 10.6 Å². The van der Waals surface area contributed by atoms with E-state index in [9.17, 15) is 9.59 Å². The zero-order valence-electron chi connectivity index (χ0n) is 24.8. The Kier molecular flexibility index (Phi) is 6.05. The van der Waals surface area contributed by atoms with Gasteiger partial charge < -0.3 is 19.8 Å². The second-order valence-electron chi connectivity index (χ2n) is 11.7. The number of carbonyl (C=O) groups is 2. The number of para-hydroxylation sites is 2. The van der Waals surface area contributed by atoms with Crippen LogP contribution in [0.5, 0.6) is 0 Å². The fourth-order valence-corrected chi connectivity index (χ4v) is 6.94. The van der Waals surface area contributed by atoms with Crippen molar-refractivity contribution in [1.29, 1.82) is 0 Å². The van der Waals surface area contributed by atoms with Crippen molar-refractivity contribution in [3.8, 4) is 0 Å². The summed E-state index contributed by atoms with van der Waals surface area (Å²) in [6, 6.07) is 29.6. The number of fused-ring (bicyclic) bond motifs is 6. The van der Waals surface area contributed by atoms with Crippen LogP contribution in [0.1, 0.15) is 37.8 Å². The van der Waals surface area contributed by atoms with Crippen LogP contribution in [0.3, 0.4) is 0 Å². The van der Waals surface area contributed by atoms with Gasteiger partial charge in [0.15, 0.2) is 0 Å². The normalized spacial score (nSPS) is 16.8. The number of hydrogen-bond acceptors (Lipinski definition) is 2. The van der Waals surface area contributed by atoms with Crippen LogP contribution in [-0.4, -0.2) is 20.9 Å². The predicted molar refractivity (Wildman–Crippen MR) is 179 cm³/mol. The van der Waals surface area contributed by atoms with Crippen molar-refractivity contribution >= 4 is 66.8 Å². The number of nitrogens with one attached hydrogen (secondary N) is 2. The van der Waals surface area contributed by atoms with E-state index < -0.39 is 0 Å². The molecule has 2 N–H and O–H groups in total. The van der Waals surface area contributed by atoms with Crippen LogP contribution in [0, 0.1) is 0 Å². The summed E-state index contributed by atoms with van der Waals surface area (Å²) in [4.78, 5) is 26.5. The molecule has 6 heteroatoms. The Hall–Kier alpha value is -5.36. The number of aromatic nitrogens is 2. The predicted octanol–water partition coefficient (Wildman–Crippen LogP) is 7.66. The summed E-state index contributed by atoms with van der Waals surface area (Å²) in [7, 11) is 0. The van der Waals surface area contributed by atoms with Gasteiger partial charge in [-0.1, -0.05) is 74.5 Å². The highest BCUT2D eigenvalue weighted by molar-refractivity contribution is 6.19. The van der Waals surface area contributed by atoms with Gasteiger partial charge in [-0.15, -0.1) is 0 Å². The Labute approximate surface area is 255 Å². The Morgan fingerprint density at radius 3 is 1.36 bits per heavy atom. The first kappa shape index (κ1) is 26.3. The molecule has 44 heavy (non-hydrogen) atoms. The Balaban J connectivity index is 1.20. The maximum Gasteiger partial charge on any atom is 0.256 e. The number of hydrogen-bond donors (Lipinski definition) is 2. The molecule has 0 saturated carbocycles. The molecule has 0 bridgehead atoms. The summed E-state index contributed by atoms with van der Waals surface area (Å²) in [6.45, 7) is 6.18. The van der Waals surface area contributed by atoms with Crippen molar-refractivity contribution in [3.63, 3.8) is 0 Å². The Morgan fingerprint density at radius 2 is 0.932 bits per heavy atom. The van der Waals surface area contributed by atoms with Crippen molar-refractivity contribution in [3.05, 3.63) is 119 Å². The Bertz CT molecular complexity index is 2130. The molecule has 4 aromatic carbocycles. The minimum Gasteiger partial charge on any atom is -0.340 e. The topological polar surface area (TPSA) is 68.1 Å². The van der Waals surface area contributed by atoms with Crippen molar-refractivity contribution in [2.75, 3.05) is 0 Å². The van der Waals surface area contributed by atoms with E-state index in [1.807, 2.05) is 24.3 Å². The van der Waals surface area contributed by atoms with E-state index >= 15 is 0 Å². The quantitative estimate of drug-likeness (QED) is 0.200. The molecule has 2 aliphatic heterocycles. The summed E-state index contributed by atoms with van der Waals surface area (Å²) in [5, 5.41) is 10.9. The minimum absolute atomic E-state index is 0.268. The van der Waals surface area contributed by atoms with E-state index in [0.29, 0.717) is 22.5 Å². The zero-order chi connectivity index (χ0) is 29.9. The van der Waals surface area contributed by atoms with Crippen LogP contribution in [0.4, 0.5) is 0 Å². The third kappa shape index (κ3) is 3.94. The first-order chi connectivity index (χ1) is 21.6. The summed E-state index contributed by atoms with van der Waals surface area (Å²) in [5.74, 6) is -0.536. The summed E-state index contributed by atoms with van der Waals surface area (Å²) < 4.78 is 4.70. The monoisotopic (exact) mass is 576 g/mol. The highest BCUT2D eigenvalue weighted by Crippen LogP contribution is 2.35. The zero-order valence-corrected chi connectivity index (χ0v) is 24.8. The van der Waals surface area contributed by atoms with Crippen LogP contribution in [0.2, 0.25) is 0 Å². The van der Waals surface area contributed by atoms with Crippen LogP contribution in [-0.2, 0) is 22.7 Å². The number of benzene rings is 4. The van der Waals surface area contributed by atoms with Crippen LogP contribution >= 0.6 is 0 Å². The van der Waals surface area contributed by atoms with Crippen LogP contribution in [0.15, 0.2) is 108 Å². The van der Waals surface area contributed by atoms with E-state index in [4.69, 9.17) is 0 Å². The van der Waals surface area contributed by atoms with Gasteiger partial charge in [0.2, 0.25) is 0 Å². The fraction of sp³-hybridized carbons (Fsp3) is 0.158. The van der Waals surface area contributed by atoms with Crippen molar-refractivity contribution in [2.24, 2.45) is 0 Å². The first-order valence-corrected chi connectivity index (χ1v) is 15.4. The maximum absolute atomic E-state index is 13.3. The molecule has 0 aliphatic carbocycles. The molecule has 0 atom stereocenters. The van der Waals surface area contributed by atoms with E-state index in [1.165, 1.54) is 32.6 Å². The summed E-state index contributed by atoms with van der Waals surface area (Å²) >= 11 is 0. The van der Waals surface area contributed by atoms with Crippen molar-refractivity contribution in [1.82, 2.24) is 19.8 Å². The van der Waals surface area contributed by atoms with E-state index in [0.717, 1.165) is 48.1 Å². The second-order valence-corrected chi connectivity index (χ2v) is 11.7. The lowest BCUT2D eigenvalue weighted by Gasteiger charge is -2.07. The lowest BCUT2D eigenvalue weighted by atomic mass is 10.0. The number of amides is 2. The van der Waals surface area contributed by atoms with Gasteiger partial charge >= 0.3 is 0 Å². The number of carbonyl (C=O) groups excluding carboxylic acids is 2. The smallest absolute Gasteiger partial charge is 0.256 e. The molecule has 8 rings (SSSR count). The van der Waals surface area contributed by atoms with Gasteiger partial charge in [0.1, 0.15) is 0 Å². The third-order valence-electron chi connectivity index (χ3n) is 8.92. The Morgan fingerprint density at radius 1 is 0.523 bits per heavy atom. The van der Waals surface area contributed by atoms with Crippen LogP contribution in [0.25, 0.3) is 55.0 Å². The largest absolute Gasteiger partial charge is 0.340 e. The second kappa shape index (κ2) is 10.1. The average molecular weight is 577 g/mol. The van der Waals surface area contributed by atoms with Gasteiger partial charge in [0, 0.05) is 79.2 Å². The fourth-order valence-electron chi connectivity index (χ4n) is 6.94. The molecule has 0 fully saturated rings. The molecule has 216 valence electrons. The molecule has 2 aromatic heterocycles. The SMILES string of the molecule is CCCn1c2ccccc2c2ccc(C3=C/C(=C4/C=C(c5ccc6c7ccccc7n(CCC)c6c5)NC4=O)C(=O)N3)cc21. The molecule has 2 aliphatic rings. The number of aryl methyl sites for hydroxylation is 2.